The van der Waals surface area contributed by atoms with Crippen molar-refractivity contribution in [1.29, 1.82) is 0 Å². The van der Waals surface area contributed by atoms with Gasteiger partial charge in [0.1, 0.15) is 22.8 Å². The first-order valence-electron chi connectivity index (χ1n) is 12.7. The van der Waals surface area contributed by atoms with Crippen molar-refractivity contribution >= 4 is 21.7 Å². The van der Waals surface area contributed by atoms with Gasteiger partial charge in [-0.2, -0.15) is 23.1 Å². The first-order chi connectivity index (χ1) is 18.9. The van der Waals surface area contributed by atoms with Crippen molar-refractivity contribution in [2.75, 3.05) is 33.9 Å². The maximum absolute atomic E-state index is 16.2. The Kier molecular flexibility index (Phi) is 7.15. The minimum Gasteiger partial charge on any atom is -0.508 e. The summed E-state index contributed by atoms with van der Waals surface area (Å²) in [5.41, 5.74) is -0.405. The topological polar surface area (TPSA) is 80.6 Å². The van der Waals surface area contributed by atoms with E-state index in [0.29, 0.717) is 16.3 Å². The van der Waals surface area contributed by atoms with Gasteiger partial charge in [0.05, 0.1) is 12.0 Å². The number of aryl methyl sites for hydroxylation is 1. The van der Waals surface area contributed by atoms with Crippen LogP contribution in [-0.2, 0) is 6.42 Å². The van der Waals surface area contributed by atoms with E-state index in [0.717, 1.165) is 25.6 Å². The molecule has 0 amide bonds. The zero-order valence-corrected chi connectivity index (χ0v) is 22.1. The molecular weight excluding hydrogens is 535 g/mol. The number of halogens is 5. The van der Waals surface area contributed by atoms with Gasteiger partial charge in [0.15, 0.2) is 12.4 Å². The van der Waals surface area contributed by atoms with Crippen molar-refractivity contribution in [1.82, 2.24) is 19.9 Å². The van der Waals surface area contributed by atoms with Gasteiger partial charge in [-0.1, -0.05) is 13.0 Å². The van der Waals surface area contributed by atoms with E-state index in [1.807, 2.05) is 19.0 Å². The maximum Gasteiger partial charge on any atom is 0.422 e. The molecule has 0 atom stereocenters. The molecule has 0 unspecified atom stereocenters. The van der Waals surface area contributed by atoms with E-state index in [1.165, 1.54) is 24.3 Å². The second-order valence-corrected chi connectivity index (χ2v) is 10.4. The van der Waals surface area contributed by atoms with E-state index in [4.69, 9.17) is 9.47 Å². The standard InChI is InChI=1S/C28H27F5N4O3/c1-4-17-20(29)6-5-15-9-16(38)10-18(21(15)17)23-22(30)24-19(11-34-23)25(39-14-28(31,32)33)36-26(35-24)40-13-27(7-8-27)12-37(2)3/h5-6,9-11,38H,4,7-8,12-14H2,1-3H3. The Balaban J connectivity index is 1.65. The van der Waals surface area contributed by atoms with Gasteiger partial charge in [0.2, 0.25) is 5.88 Å². The zero-order chi connectivity index (χ0) is 28.8. The third kappa shape index (κ3) is 5.58. The van der Waals surface area contributed by atoms with Crippen molar-refractivity contribution in [2.24, 2.45) is 5.41 Å². The molecule has 1 aliphatic carbocycles. The van der Waals surface area contributed by atoms with Crippen LogP contribution in [0.25, 0.3) is 32.9 Å². The molecule has 0 aliphatic heterocycles. The SMILES string of the molecule is CCc1c(F)ccc2cc(O)cc(-c3ncc4c(OCC(F)(F)F)nc(OCC5(CN(C)C)CC5)nc4c3F)c12. The molecular formula is C28H27F5N4O3. The highest BCUT2D eigenvalue weighted by Gasteiger charge is 2.44. The number of aromatic nitrogens is 3. The van der Waals surface area contributed by atoms with Gasteiger partial charge >= 0.3 is 12.2 Å². The van der Waals surface area contributed by atoms with E-state index >= 15 is 4.39 Å². The molecule has 0 radical (unpaired) electrons. The molecule has 4 aromatic rings. The quantitative estimate of drug-likeness (QED) is 0.249. The number of pyridine rings is 1. The van der Waals surface area contributed by atoms with E-state index in [1.54, 1.807) is 6.92 Å². The molecule has 212 valence electrons. The minimum atomic E-state index is -4.67. The molecule has 0 saturated heterocycles. The molecule has 40 heavy (non-hydrogen) atoms. The van der Waals surface area contributed by atoms with Crippen LogP contribution in [0.3, 0.4) is 0 Å². The minimum absolute atomic E-state index is 0.104. The zero-order valence-electron chi connectivity index (χ0n) is 22.1. The lowest BCUT2D eigenvalue weighted by Gasteiger charge is -2.20. The van der Waals surface area contributed by atoms with Crippen LogP contribution in [-0.4, -0.2) is 65.0 Å². The highest BCUT2D eigenvalue weighted by atomic mass is 19.4. The predicted octanol–water partition coefficient (Wildman–Crippen LogP) is 6.05. The number of ether oxygens (including phenoxy) is 2. The number of phenolic OH excluding ortho intramolecular Hbond substituents is 1. The number of hydrogen-bond acceptors (Lipinski definition) is 7. The van der Waals surface area contributed by atoms with Crippen LogP contribution in [0, 0.1) is 17.0 Å². The summed E-state index contributed by atoms with van der Waals surface area (Å²) in [5, 5.41) is 11.0. The van der Waals surface area contributed by atoms with Crippen LogP contribution in [0.15, 0.2) is 30.5 Å². The predicted molar refractivity (Wildman–Crippen MR) is 138 cm³/mol. The van der Waals surface area contributed by atoms with Crippen molar-refractivity contribution in [3.8, 4) is 28.9 Å². The fourth-order valence-corrected chi connectivity index (χ4v) is 4.97. The highest BCUT2D eigenvalue weighted by Crippen LogP contribution is 2.46. The van der Waals surface area contributed by atoms with Gasteiger partial charge in [0, 0.05) is 23.7 Å². The van der Waals surface area contributed by atoms with Crippen LogP contribution in [0.5, 0.6) is 17.6 Å². The van der Waals surface area contributed by atoms with Gasteiger partial charge in [-0.3, -0.25) is 4.98 Å². The van der Waals surface area contributed by atoms with Crippen molar-refractivity contribution in [3.05, 3.63) is 47.7 Å². The van der Waals surface area contributed by atoms with Crippen molar-refractivity contribution in [3.63, 3.8) is 0 Å². The lowest BCUT2D eigenvalue weighted by molar-refractivity contribution is -0.153. The Morgan fingerprint density at radius 2 is 1.82 bits per heavy atom. The van der Waals surface area contributed by atoms with E-state index < -0.39 is 30.3 Å². The molecule has 1 fully saturated rings. The number of rotatable bonds is 9. The number of aromatic hydroxyl groups is 1. The number of fused-ring (bicyclic) bond motifs is 2. The highest BCUT2D eigenvalue weighted by molar-refractivity contribution is 6.01. The summed E-state index contributed by atoms with van der Waals surface area (Å²) in [6.07, 6.45) is -1.52. The van der Waals surface area contributed by atoms with Crippen LogP contribution >= 0.6 is 0 Å². The lowest BCUT2D eigenvalue weighted by atomic mass is 9.94. The van der Waals surface area contributed by atoms with E-state index in [2.05, 4.69) is 15.0 Å². The fraction of sp³-hybridized carbons (Fsp3) is 0.393. The molecule has 0 bridgehead atoms. The molecule has 7 nitrogen and oxygen atoms in total. The van der Waals surface area contributed by atoms with Gasteiger partial charge in [0.25, 0.3) is 0 Å². The second kappa shape index (κ2) is 10.3. The largest absolute Gasteiger partial charge is 0.508 e. The number of hydrogen-bond donors (Lipinski definition) is 1. The van der Waals surface area contributed by atoms with Crippen LogP contribution in [0.2, 0.25) is 0 Å². The number of nitrogens with zero attached hydrogens (tertiary/aromatic N) is 4. The molecule has 1 aliphatic rings. The lowest BCUT2D eigenvalue weighted by Crippen LogP contribution is -2.28. The molecule has 2 aromatic carbocycles. The first kappa shape index (κ1) is 27.8. The molecule has 2 heterocycles. The van der Waals surface area contributed by atoms with Gasteiger partial charge < -0.3 is 19.5 Å². The molecule has 0 spiro atoms. The summed E-state index contributed by atoms with van der Waals surface area (Å²) < 4.78 is 80.5. The fourth-order valence-electron chi connectivity index (χ4n) is 4.97. The third-order valence-electron chi connectivity index (χ3n) is 6.88. The number of benzene rings is 2. The summed E-state index contributed by atoms with van der Waals surface area (Å²) in [6.45, 7) is 0.984. The Hall–Kier alpha value is -3.80. The van der Waals surface area contributed by atoms with E-state index in [9.17, 15) is 22.7 Å². The van der Waals surface area contributed by atoms with Crippen LogP contribution in [0.1, 0.15) is 25.3 Å². The Morgan fingerprint density at radius 1 is 1.07 bits per heavy atom. The second-order valence-electron chi connectivity index (χ2n) is 10.4. The molecule has 2 aromatic heterocycles. The number of alkyl halides is 3. The average Bonchev–Trinajstić information content (AvgIpc) is 3.64. The Bertz CT molecular complexity index is 1590. The normalized spacial score (nSPS) is 14.7. The Labute approximate surface area is 226 Å². The third-order valence-corrected chi connectivity index (χ3v) is 6.88. The van der Waals surface area contributed by atoms with Gasteiger partial charge in [-0.15, -0.1) is 0 Å². The average molecular weight is 563 g/mol. The smallest absolute Gasteiger partial charge is 0.422 e. The van der Waals surface area contributed by atoms with Gasteiger partial charge in [-0.25, -0.2) is 8.78 Å². The molecule has 1 saturated carbocycles. The summed E-state index contributed by atoms with van der Waals surface area (Å²) in [7, 11) is 3.83. The van der Waals surface area contributed by atoms with Crippen LogP contribution in [0.4, 0.5) is 22.0 Å². The van der Waals surface area contributed by atoms with Crippen LogP contribution < -0.4 is 9.47 Å². The molecule has 1 N–H and O–H groups in total. The summed E-state index contributed by atoms with van der Waals surface area (Å²) in [6, 6.07) is 5.07. The summed E-state index contributed by atoms with van der Waals surface area (Å²) in [5.74, 6) is -2.24. The molecule has 12 heteroatoms. The number of phenols is 1. The monoisotopic (exact) mass is 562 g/mol. The Morgan fingerprint density at radius 3 is 2.48 bits per heavy atom. The van der Waals surface area contributed by atoms with E-state index in [-0.39, 0.29) is 52.4 Å². The van der Waals surface area contributed by atoms with Gasteiger partial charge in [-0.05, 0) is 67.9 Å². The van der Waals surface area contributed by atoms with Crippen molar-refractivity contribution in [2.45, 2.75) is 32.4 Å². The maximum atomic E-state index is 16.2. The summed E-state index contributed by atoms with van der Waals surface area (Å²) in [4.78, 5) is 14.3. The van der Waals surface area contributed by atoms with Crippen molar-refractivity contribution < 1.29 is 36.5 Å². The molecule has 5 rings (SSSR count). The summed E-state index contributed by atoms with van der Waals surface area (Å²) >= 11 is 0. The first-order valence-corrected chi connectivity index (χ1v) is 12.7.